The van der Waals surface area contributed by atoms with E-state index in [0.29, 0.717) is 0 Å². The number of allylic oxidation sites excluding steroid dienone is 3. The van der Waals surface area contributed by atoms with Crippen LogP contribution in [0.2, 0.25) is 0 Å². The second kappa shape index (κ2) is 8.01. The first-order chi connectivity index (χ1) is 12.6. The van der Waals surface area contributed by atoms with Gasteiger partial charge in [0.2, 0.25) is 0 Å². The number of hydrogen-bond acceptors (Lipinski definition) is 0. The van der Waals surface area contributed by atoms with Gasteiger partial charge in [-0.1, -0.05) is 90.5 Å². The Morgan fingerprint density at radius 1 is 0.731 bits per heavy atom. The largest absolute Gasteiger partial charge is 0.0798 e. The van der Waals surface area contributed by atoms with Crippen LogP contribution < -0.4 is 0 Å². The quantitative estimate of drug-likeness (QED) is 0.435. The van der Waals surface area contributed by atoms with Crippen LogP contribution in [-0.2, 0) is 0 Å². The number of aryl methyl sites for hydroxylation is 3. The molecule has 3 rings (SSSR count). The van der Waals surface area contributed by atoms with Gasteiger partial charge in [-0.2, -0.15) is 0 Å². The van der Waals surface area contributed by atoms with Gasteiger partial charge in [0.05, 0.1) is 0 Å². The third-order valence-electron chi connectivity index (χ3n) is 4.84. The summed E-state index contributed by atoms with van der Waals surface area (Å²) < 4.78 is 0. The average Bonchev–Trinajstić information content (AvgIpc) is 2.64. The zero-order chi connectivity index (χ0) is 18.5. The van der Waals surface area contributed by atoms with Crippen molar-refractivity contribution in [2.24, 2.45) is 0 Å². The van der Waals surface area contributed by atoms with Gasteiger partial charge in [0.1, 0.15) is 0 Å². The predicted molar refractivity (Wildman–Crippen MR) is 115 cm³/mol. The number of hydrogen-bond donors (Lipinski definition) is 0. The van der Waals surface area contributed by atoms with Crippen LogP contribution in [0.5, 0.6) is 0 Å². The minimum absolute atomic E-state index is 1.23. The van der Waals surface area contributed by atoms with Gasteiger partial charge in [-0.25, -0.2) is 0 Å². The van der Waals surface area contributed by atoms with Gasteiger partial charge in [-0.3, -0.25) is 0 Å². The number of benzene rings is 3. The van der Waals surface area contributed by atoms with Crippen molar-refractivity contribution >= 4 is 11.6 Å². The highest BCUT2D eigenvalue weighted by molar-refractivity contribution is 5.79. The van der Waals surface area contributed by atoms with Crippen LogP contribution in [-0.4, -0.2) is 0 Å². The Kier molecular flexibility index (Phi) is 5.53. The van der Waals surface area contributed by atoms with Crippen LogP contribution in [0.1, 0.15) is 34.7 Å². The monoisotopic (exact) mass is 338 g/mol. The lowest BCUT2D eigenvalue weighted by Gasteiger charge is -2.10. The molecule has 3 aromatic carbocycles. The SMILES string of the molecule is C/C=C(\C=C/c1ccc(-c2ccccc2C)c(C)c1)c1ccc(C)cc1. The van der Waals surface area contributed by atoms with Crippen LogP contribution in [0.15, 0.2) is 78.9 Å². The molecule has 0 aliphatic heterocycles. The van der Waals surface area contributed by atoms with Gasteiger partial charge in [-0.15, -0.1) is 0 Å². The summed E-state index contributed by atoms with van der Waals surface area (Å²) in [6.45, 7) is 8.57. The van der Waals surface area contributed by atoms with E-state index in [2.05, 4.69) is 113 Å². The molecule has 0 bridgehead atoms. The molecule has 26 heavy (non-hydrogen) atoms. The molecule has 0 aliphatic rings. The fourth-order valence-electron chi connectivity index (χ4n) is 3.26. The first-order valence-corrected chi connectivity index (χ1v) is 9.16. The van der Waals surface area contributed by atoms with Crippen LogP contribution in [0.25, 0.3) is 22.8 Å². The van der Waals surface area contributed by atoms with E-state index < -0.39 is 0 Å². The Hall–Kier alpha value is -2.86. The molecule has 0 spiro atoms. The molecule has 0 N–H and O–H groups in total. The molecule has 3 aromatic rings. The van der Waals surface area contributed by atoms with Crippen molar-refractivity contribution in [1.29, 1.82) is 0 Å². The Morgan fingerprint density at radius 3 is 2.08 bits per heavy atom. The molecule has 0 aromatic heterocycles. The lowest BCUT2D eigenvalue weighted by molar-refractivity contribution is 1.40. The van der Waals surface area contributed by atoms with E-state index in [4.69, 9.17) is 0 Å². The van der Waals surface area contributed by atoms with Gasteiger partial charge in [0.15, 0.2) is 0 Å². The zero-order valence-electron chi connectivity index (χ0n) is 16.1. The fraction of sp³-hybridized carbons (Fsp3) is 0.154. The summed E-state index contributed by atoms with van der Waals surface area (Å²) >= 11 is 0. The van der Waals surface area contributed by atoms with Gasteiger partial charge in [0, 0.05) is 0 Å². The molecule has 0 aliphatic carbocycles. The van der Waals surface area contributed by atoms with E-state index in [1.165, 1.54) is 44.5 Å². The van der Waals surface area contributed by atoms with E-state index in [-0.39, 0.29) is 0 Å². The van der Waals surface area contributed by atoms with E-state index >= 15 is 0 Å². The Morgan fingerprint density at radius 2 is 1.42 bits per heavy atom. The molecule has 0 heteroatoms. The maximum atomic E-state index is 2.26. The summed E-state index contributed by atoms with van der Waals surface area (Å²) in [5, 5.41) is 0. The first kappa shape index (κ1) is 17.9. The first-order valence-electron chi connectivity index (χ1n) is 9.16. The third kappa shape index (κ3) is 4.03. The lowest BCUT2D eigenvalue weighted by Crippen LogP contribution is -1.88. The van der Waals surface area contributed by atoms with Crippen LogP contribution >= 0.6 is 0 Å². The molecule has 0 fully saturated rings. The smallest absolute Gasteiger partial charge is 0.0152 e. The molecule has 0 amide bonds. The predicted octanol–water partition coefficient (Wildman–Crippen LogP) is 7.40. The van der Waals surface area contributed by atoms with Gasteiger partial charge >= 0.3 is 0 Å². The van der Waals surface area contributed by atoms with Crippen LogP contribution in [0, 0.1) is 20.8 Å². The van der Waals surface area contributed by atoms with E-state index in [1.807, 2.05) is 0 Å². The minimum atomic E-state index is 1.23. The van der Waals surface area contributed by atoms with Crippen molar-refractivity contribution in [2.45, 2.75) is 27.7 Å². The lowest BCUT2D eigenvalue weighted by atomic mass is 9.95. The van der Waals surface area contributed by atoms with Crippen molar-refractivity contribution in [3.63, 3.8) is 0 Å². The second-order valence-corrected chi connectivity index (χ2v) is 6.83. The highest BCUT2D eigenvalue weighted by atomic mass is 14.1. The van der Waals surface area contributed by atoms with E-state index in [0.717, 1.165) is 0 Å². The average molecular weight is 338 g/mol. The standard InChI is InChI=1S/C26H26/c1-5-23(24-14-10-19(2)11-15-24)16-12-22-13-17-26(21(4)18-22)25-9-7-6-8-20(25)3/h5-18H,1-4H3/b16-12-,23-5+. The van der Waals surface area contributed by atoms with Crippen molar-refractivity contribution in [3.8, 4) is 11.1 Å². The third-order valence-corrected chi connectivity index (χ3v) is 4.84. The molecule has 0 unspecified atom stereocenters. The fourth-order valence-corrected chi connectivity index (χ4v) is 3.26. The van der Waals surface area contributed by atoms with Gasteiger partial charge < -0.3 is 0 Å². The normalized spacial score (nSPS) is 11.9. The maximum Gasteiger partial charge on any atom is -0.0152 e. The van der Waals surface area contributed by atoms with Gasteiger partial charge in [-0.05, 0) is 66.6 Å². The van der Waals surface area contributed by atoms with E-state index in [1.54, 1.807) is 0 Å². The highest BCUT2D eigenvalue weighted by Gasteiger charge is 2.05. The molecule has 0 heterocycles. The molecule has 130 valence electrons. The Balaban J connectivity index is 1.86. The van der Waals surface area contributed by atoms with Crippen molar-refractivity contribution in [3.05, 3.63) is 107 Å². The molecular weight excluding hydrogens is 312 g/mol. The van der Waals surface area contributed by atoms with E-state index in [9.17, 15) is 0 Å². The molecule has 0 radical (unpaired) electrons. The molecular formula is C26H26. The summed E-state index contributed by atoms with van der Waals surface area (Å²) in [7, 11) is 0. The molecule has 0 atom stereocenters. The van der Waals surface area contributed by atoms with Crippen molar-refractivity contribution in [2.75, 3.05) is 0 Å². The Labute approximate surface area is 157 Å². The molecule has 0 saturated carbocycles. The molecule has 0 saturated heterocycles. The zero-order valence-corrected chi connectivity index (χ0v) is 16.1. The maximum absolute atomic E-state index is 2.26. The second-order valence-electron chi connectivity index (χ2n) is 6.83. The summed E-state index contributed by atoms with van der Waals surface area (Å²) in [4.78, 5) is 0. The van der Waals surface area contributed by atoms with Gasteiger partial charge in [0.25, 0.3) is 0 Å². The summed E-state index contributed by atoms with van der Waals surface area (Å²) in [6, 6.07) is 24.0. The topological polar surface area (TPSA) is 0 Å². The van der Waals surface area contributed by atoms with Crippen molar-refractivity contribution < 1.29 is 0 Å². The minimum Gasteiger partial charge on any atom is -0.0798 e. The highest BCUT2D eigenvalue weighted by Crippen LogP contribution is 2.28. The Bertz CT molecular complexity index is 954. The summed E-state index contributed by atoms with van der Waals surface area (Å²) in [5.74, 6) is 0. The number of rotatable bonds is 4. The summed E-state index contributed by atoms with van der Waals surface area (Å²) in [5.41, 5.74) is 10.3. The van der Waals surface area contributed by atoms with Crippen LogP contribution in [0.3, 0.4) is 0 Å². The molecule has 0 nitrogen and oxygen atoms in total. The van der Waals surface area contributed by atoms with Crippen LogP contribution in [0.4, 0.5) is 0 Å². The summed E-state index contributed by atoms with van der Waals surface area (Å²) in [6.07, 6.45) is 6.56. The van der Waals surface area contributed by atoms with Crippen molar-refractivity contribution in [1.82, 2.24) is 0 Å².